The molecule has 1 atom stereocenters. The molecule has 0 aliphatic carbocycles. The van der Waals surface area contributed by atoms with Crippen LogP contribution in [0.1, 0.15) is 43.1 Å². The first kappa shape index (κ1) is 15.4. The fourth-order valence-electron chi connectivity index (χ4n) is 1.36. The molecule has 1 unspecified atom stereocenters. The third kappa shape index (κ3) is 3.88. The van der Waals surface area contributed by atoms with Gasteiger partial charge in [0.2, 0.25) is 0 Å². The molecule has 7 nitrogen and oxygen atoms in total. The summed E-state index contributed by atoms with van der Waals surface area (Å²) in [5.74, 6) is -0.399. The minimum absolute atomic E-state index is 0.0822. The SMILES string of the molecule is CC(CNC(=O)c1snnc1C(C)(C)C)C(N)=NO. The number of hydrogen-bond donors (Lipinski definition) is 3. The second kappa shape index (κ2) is 5.96. The first-order chi connectivity index (χ1) is 8.77. The smallest absolute Gasteiger partial charge is 0.264 e. The van der Waals surface area contributed by atoms with Crippen LogP contribution < -0.4 is 11.1 Å². The van der Waals surface area contributed by atoms with Crippen molar-refractivity contribution in [3.8, 4) is 0 Å². The maximum absolute atomic E-state index is 12.1. The molecule has 0 radical (unpaired) electrons. The number of carbonyl (C=O) groups excluding carboxylic acids is 1. The van der Waals surface area contributed by atoms with Gasteiger partial charge in [-0.3, -0.25) is 4.79 Å². The lowest BCUT2D eigenvalue weighted by molar-refractivity contribution is 0.0952. The summed E-state index contributed by atoms with van der Waals surface area (Å²) in [6.07, 6.45) is 0. The topological polar surface area (TPSA) is 113 Å². The molecule has 0 saturated heterocycles. The maximum Gasteiger partial charge on any atom is 0.264 e. The second-order valence-corrected chi connectivity index (χ2v) is 6.09. The molecule has 1 heterocycles. The molecule has 0 aromatic carbocycles. The molecule has 0 aliphatic rings. The van der Waals surface area contributed by atoms with E-state index in [0.717, 1.165) is 11.5 Å². The van der Waals surface area contributed by atoms with E-state index in [-0.39, 0.29) is 29.6 Å². The molecule has 0 aliphatic heterocycles. The van der Waals surface area contributed by atoms with Crippen LogP contribution in [0.5, 0.6) is 0 Å². The number of nitrogens with two attached hydrogens (primary N) is 1. The summed E-state index contributed by atoms with van der Waals surface area (Å²) in [4.78, 5) is 12.6. The second-order valence-electron chi connectivity index (χ2n) is 5.34. The quantitative estimate of drug-likeness (QED) is 0.330. The van der Waals surface area contributed by atoms with Gasteiger partial charge in [-0.1, -0.05) is 37.3 Å². The fourth-order valence-corrected chi connectivity index (χ4v) is 2.15. The Hall–Kier alpha value is -1.70. The number of hydrogen-bond acceptors (Lipinski definition) is 6. The van der Waals surface area contributed by atoms with Gasteiger partial charge in [-0.2, -0.15) is 0 Å². The largest absolute Gasteiger partial charge is 0.409 e. The van der Waals surface area contributed by atoms with Gasteiger partial charge in [-0.25, -0.2) is 0 Å². The number of carbonyl (C=O) groups is 1. The molecule has 4 N–H and O–H groups in total. The summed E-state index contributed by atoms with van der Waals surface area (Å²) >= 11 is 1.07. The standard InChI is InChI=1S/C11H19N5O2S/c1-6(9(12)15-18)5-13-10(17)7-8(11(2,3)4)14-16-19-7/h6,18H,5H2,1-4H3,(H2,12,15)(H,13,17). The van der Waals surface area contributed by atoms with Crippen LogP contribution in [0.3, 0.4) is 0 Å². The molecule has 19 heavy (non-hydrogen) atoms. The zero-order valence-electron chi connectivity index (χ0n) is 11.5. The molecule has 8 heteroatoms. The van der Waals surface area contributed by atoms with E-state index in [2.05, 4.69) is 20.1 Å². The number of rotatable bonds is 4. The van der Waals surface area contributed by atoms with E-state index in [4.69, 9.17) is 10.9 Å². The van der Waals surface area contributed by atoms with Gasteiger partial charge in [0.25, 0.3) is 5.91 Å². The third-order valence-corrected chi connectivity index (χ3v) is 3.32. The lowest BCUT2D eigenvalue weighted by Gasteiger charge is -2.16. The highest BCUT2D eigenvalue weighted by molar-refractivity contribution is 7.08. The van der Waals surface area contributed by atoms with Gasteiger partial charge in [0.05, 0.1) is 5.69 Å². The Kier molecular flexibility index (Phi) is 4.82. The third-order valence-electron chi connectivity index (χ3n) is 2.59. The van der Waals surface area contributed by atoms with Gasteiger partial charge >= 0.3 is 0 Å². The van der Waals surface area contributed by atoms with Crippen LogP contribution >= 0.6 is 11.5 Å². The van der Waals surface area contributed by atoms with Crippen molar-refractivity contribution in [2.24, 2.45) is 16.8 Å². The van der Waals surface area contributed by atoms with Crippen molar-refractivity contribution in [2.45, 2.75) is 33.1 Å². The molecule has 0 fully saturated rings. The summed E-state index contributed by atoms with van der Waals surface area (Å²) in [5, 5.41) is 18.2. The van der Waals surface area contributed by atoms with Crippen LogP contribution in [-0.4, -0.2) is 33.1 Å². The normalized spacial score (nSPS) is 14.2. The molecule has 1 aromatic rings. The summed E-state index contributed by atoms with van der Waals surface area (Å²) in [5.41, 5.74) is 5.88. The summed E-state index contributed by atoms with van der Waals surface area (Å²) in [6, 6.07) is 0. The van der Waals surface area contributed by atoms with Crippen LogP contribution in [-0.2, 0) is 5.41 Å². The van der Waals surface area contributed by atoms with Crippen molar-refractivity contribution in [3.05, 3.63) is 10.6 Å². The van der Waals surface area contributed by atoms with Crippen LogP contribution in [0.4, 0.5) is 0 Å². The van der Waals surface area contributed by atoms with Crippen molar-refractivity contribution in [2.75, 3.05) is 6.54 Å². The first-order valence-corrected chi connectivity index (χ1v) is 6.63. The minimum Gasteiger partial charge on any atom is -0.409 e. The Bertz CT molecular complexity index is 478. The fraction of sp³-hybridized carbons (Fsp3) is 0.636. The van der Waals surface area contributed by atoms with Gasteiger partial charge in [-0.15, -0.1) is 5.10 Å². The molecule has 1 rings (SSSR count). The van der Waals surface area contributed by atoms with E-state index in [1.165, 1.54) is 0 Å². The Labute approximate surface area is 116 Å². The molecule has 0 bridgehead atoms. The molecule has 0 saturated carbocycles. The average molecular weight is 285 g/mol. The molecule has 0 spiro atoms. The highest BCUT2D eigenvalue weighted by Gasteiger charge is 2.26. The van der Waals surface area contributed by atoms with Crippen molar-refractivity contribution in [1.82, 2.24) is 14.9 Å². The maximum atomic E-state index is 12.1. The summed E-state index contributed by atoms with van der Waals surface area (Å²) < 4.78 is 3.83. The number of amides is 1. The summed E-state index contributed by atoms with van der Waals surface area (Å²) in [7, 11) is 0. The predicted molar refractivity (Wildman–Crippen MR) is 73.5 cm³/mol. The Morgan fingerprint density at radius 2 is 2.21 bits per heavy atom. The van der Waals surface area contributed by atoms with E-state index in [0.29, 0.717) is 10.6 Å². The zero-order valence-corrected chi connectivity index (χ0v) is 12.3. The van der Waals surface area contributed by atoms with Crippen molar-refractivity contribution in [3.63, 3.8) is 0 Å². The van der Waals surface area contributed by atoms with Gasteiger partial charge < -0.3 is 16.3 Å². The van der Waals surface area contributed by atoms with Crippen molar-refractivity contribution in [1.29, 1.82) is 0 Å². The van der Waals surface area contributed by atoms with Crippen LogP contribution in [0, 0.1) is 5.92 Å². The Morgan fingerprint density at radius 3 is 2.74 bits per heavy atom. The van der Waals surface area contributed by atoms with Gasteiger partial charge in [0.15, 0.2) is 0 Å². The number of nitrogens with one attached hydrogen (secondary N) is 1. The lowest BCUT2D eigenvalue weighted by Crippen LogP contribution is -2.35. The average Bonchev–Trinajstić information content (AvgIpc) is 2.83. The number of nitrogens with zero attached hydrogens (tertiary/aromatic N) is 3. The minimum atomic E-state index is -0.243. The van der Waals surface area contributed by atoms with Gasteiger partial charge in [0, 0.05) is 17.9 Å². The Balaban J connectivity index is 2.73. The number of amidine groups is 1. The molecule has 106 valence electrons. The van der Waals surface area contributed by atoms with Crippen molar-refractivity contribution < 1.29 is 10.0 Å². The Morgan fingerprint density at radius 1 is 1.58 bits per heavy atom. The van der Waals surface area contributed by atoms with Crippen molar-refractivity contribution >= 4 is 23.3 Å². The molecule has 1 aromatic heterocycles. The van der Waals surface area contributed by atoms with Gasteiger partial charge in [0.1, 0.15) is 10.7 Å². The zero-order chi connectivity index (χ0) is 14.6. The van der Waals surface area contributed by atoms with E-state index >= 15 is 0 Å². The van der Waals surface area contributed by atoms with Crippen LogP contribution in [0.15, 0.2) is 5.16 Å². The first-order valence-electron chi connectivity index (χ1n) is 5.85. The highest BCUT2D eigenvalue weighted by Crippen LogP contribution is 2.25. The van der Waals surface area contributed by atoms with E-state index in [1.807, 2.05) is 20.8 Å². The van der Waals surface area contributed by atoms with Crippen LogP contribution in [0.25, 0.3) is 0 Å². The summed E-state index contributed by atoms with van der Waals surface area (Å²) in [6.45, 7) is 7.96. The van der Waals surface area contributed by atoms with E-state index in [1.54, 1.807) is 6.92 Å². The predicted octanol–water partition coefficient (Wildman–Crippen LogP) is 0.948. The number of oxime groups is 1. The van der Waals surface area contributed by atoms with E-state index in [9.17, 15) is 4.79 Å². The highest BCUT2D eigenvalue weighted by atomic mass is 32.1. The van der Waals surface area contributed by atoms with Gasteiger partial charge in [-0.05, 0) is 11.5 Å². The monoisotopic (exact) mass is 285 g/mol. The number of aromatic nitrogens is 2. The molecular formula is C11H19N5O2S. The van der Waals surface area contributed by atoms with Crippen LogP contribution in [0.2, 0.25) is 0 Å². The lowest BCUT2D eigenvalue weighted by atomic mass is 9.91. The molecular weight excluding hydrogens is 266 g/mol. The molecule has 1 amide bonds. The van der Waals surface area contributed by atoms with E-state index < -0.39 is 0 Å².